The number of rotatable bonds is 7. The lowest BCUT2D eigenvalue weighted by Crippen LogP contribution is -2.38. The third-order valence-electron chi connectivity index (χ3n) is 5.57. The number of likely N-dealkylation sites (tertiary alicyclic amines) is 1. The Labute approximate surface area is 187 Å². The second-order valence-corrected chi connectivity index (χ2v) is 9.08. The van der Waals surface area contributed by atoms with Gasteiger partial charge < -0.3 is 19.5 Å². The molecule has 0 bridgehead atoms. The molecule has 0 aromatic heterocycles. The number of ether oxygens (including phenoxy) is 2. The van der Waals surface area contributed by atoms with Gasteiger partial charge in [0, 0.05) is 35.6 Å². The molecule has 6 heteroatoms. The van der Waals surface area contributed by atoms with Crippen LogP contribution in [0, 0.1) is 3.57 Å². The molecule has 1 saturated heterocycles. The van der Waals surface area contributed by atoms with Crippen LogP contribution in [0.15, 0.2) is 36.1 Å². The predicted octanol–water partition coefficient (Wildman–Crippen LogP) is 4.59. The van der Waals surface area contributed by atoms with E-state index in [9.17, 15) is 4.79 Å². The van der Waals surface area contributed by atoms with Crippen LogP contribution in [0.4, 0.5) is 0 Å². The quantitative estimate of drug-likeness (QED) is 0.428. The molecule has 2 aliphatic rings. The van der Waals surface area contributed by atoms with E-state index in [1.165, 1.54) is 28.4 Å². The highest BCUT2D eigenvalue weighted by Gasteiger charge is 2.31. The molecule has 0 unspecified atom stereocenters. The van der Waals surface area contributed by atoms with Crippen LogP contribution in [0.3, 0.4) is 0 Å². The Morgan fingerprint density at radius 2 is 1.79 bits per heavy atom. The molecule has 2 aliphatic heterocycles. The average molecular weight is 513 g/mol. The van der Waals surface area contributed by atoms with E-state index in [0.29, 0.717) is 25.2 Å². The summed E-state index contributed by atoms with van der Waals surface area (Å²) in [5, 5.41) is 8.97. The number of amides is 1. The maximum absolute atomic E-state index is 13.2. The van der Waals surface area contributed by atoms with E-state index in [-0.39, 0.29) is 18.4 Å². The van der Waals surface area contributed by atoms with Crippen LogP contribution in [0.2, 0.25) is 0 Å². The monoisotopic (exact) mass is 513 g/mol. The molecule has 1 fully saturated rings. The van der Waals surface area contributed by atoms with Gasteiger partial charge in [-0.3, -0.25) is 4.79 Å². The van der Waals surface area contributed by atoms with Gasteiger partial charge in [0.25, 0.3) is 5.91 Å². The number of halogens is 1. The number of carbonyl (C=O) groups excluding carboxylic acids is 1. The molecule has 1 amide bonds. The van der Waals surface area contributed by atoms with Gasteiger partial charge in [-0.25, -0.2) is 0 Å². The molecule has 0 spiro atoms. The Balaban J connectivity index is 1.73. The highest BCUT2D eigenvalue weighted by atomic mass is 127. The number of aliphatic hydroxyl groups is 1. The van der Waals surface area contributed by atoms with Crippen molar-refractivity contribution in [1.29, 1.82) is 0 Å². The Morgan fingerprint density at radius 1 is 1.10 bits per heavy atom. The molecule has 1 N–H and O–H groups in total. The Bertz CT molecular complexity index is 668. The first-order chi connectivity index (χ1) is 14.2. The molecule has 0 aliphatic carbocycles. The summed E-state index contributed by atoms with van der Waals surface area (Å²) in [4.78, 5) is 15.2. The zero-order valence-electron chi connectivity index (χ0n) is 17.0. The van der Waals surface area contributed by atoms with Crippen molar-refractivity contribution < 1.29 is 19.4 Å². The summed E-state index contributed by atoms with van der Waals surface area (Å²) in [6.45, 7) is 2.29. The fourth-order valence-electron chi connectivity index (χ4n) is 3.89. The second kappa shape index (κ2) is 11.9. The molecule has 5 nitrogen and oxygen atoms in total. The van der Waals surface area contributed by atoms with Gasteiger partial charge in [0.1, 0.15) is 0 Å². The highest BCUT2D eigenvalue weighted by Crippen LogP contribution is 2.32. The van der Waals surface area contributed by atoms with Crippen LogP contribution >= 0.6 is 22.6 Å². The van der Waals surface area contributed by atoms with Gasteiger partial charge in [0.05, 0.1) is 6.61 Å². The third kappa shape index (κ3) is 6.96. The summed E-state index contributed by atoms with van der Waals surface area (Å²) in [6.07, 6.45) is 9.48. The molecule has 0 radical (unpaired) electrons. The van der Waals surface area contributed by atoms with E-state index in [1.807, 2.05) is 11.0 Å². The van der Waals surface area contributed by atoms with Gasteiger partial charge in [0.15, 0.2) is 5.76 Å². The summed E-state index contributed by atoms with van der Waals surface area (Å²) in [5.41, 5.74) is 1.18. The van der Waals surface area contributed by atoms with Crippen LogP contribution < -0.4 is 0 Å². The van der Waals surface area contributed by atoms with Crippen molar-refractivity contribution in [2.45, 2.75) is 63.6 Å². The zero-order valence-corrected chi connectivity index (χ0v) is 19.2. The van der Waals surface area contributed by atoms with E-state index in [1.54, 1.807) is 0 Å². The molecule has 0 saturated carbocycles. The third-order valence-corrected chi connectivity index (χ3v) is 6.28. The van der Waals surface area contributed by atoms with Crippen molar-refractivity contribution in [3.05, 3.63) is 45.2 Å². The minimum Gasteiger partial charge on any atom is -0.459 e. The van der Waals surface area contributed by atoms with Gasteiger partial charge >= 0.3 is 0 Å². The van der Waals surface area contributed by atoms with E-state index in [2.05, 4.69) is 46.9 Å². The number of carbonyl (C=O) groups is 1. The first-order valence-corrected chi connectivity index (χ1v) is 11.9. The molecule has 29 heavy (non-hydrogen) atoms. The summed E-state index contributed by atoms with van der Waals surface area (Å²) in [7, 11) is 0. The summed E-state index contributed by atoms with van der Waals surface area (Å²) in [6, 6.07) is 8.43. The average Bonchev–Trinajstić information content (AvgIpc) is 2.71. The molecule has 2 heterocycles. The van der Waals surface area contributed by atoms with Crippen molar-refractivity contribution in [3.63, 3.8) is 0 Å². The minimum absolute atomic E-state index is 0.00827. The molecule has 3 rings (SSSR count). The minimum atomic E-state index is -0.434. The van der Waals surface area contributed by atoms with E-state index >= 15 is 0 Å². The number of nitrogens with zero attached hydrogens (tertiary/aromatic N) is 1. The lowest BCUT2D eigenvalue weighted by Gasteiger charge is -2.32. The Hall–Kier alpha value is -1.12. The Kier molecular flexibility index (Phi) is 9.27. The first kappa shape index (κ1) is 22.6. The molecule has 1 aromatic rings. The molecule has 2 atom stereocenters. The predicted molar refractivity (Wildman–Crippen MR) is 121 cm³/mol. The number of benzene rings is 1. The SMILES string of the molecule is O=C(C1=C[C@@H](c2ccc(I)cc2)C[C@@H](OCCCCO)O1)N1CCCCCCC1. The van der Waals surface area contributed by atoms with Crippen LogP contribution in [-0.2, 0) is 14.3 Å². The van der Waals surface area contributed by atoms with Crippen LogP contribution in [0.1, 0.15) is 62.8 Å². The maximum atomic E-state index is 13.2. The van der Waals surface area contributed by atoms with Gasteiger partial charge in [-0.05, 0) is 72.0 Å². The smallest absolute Gasteiger partial charge is 0.288 e. The lowest BCUT2D eigenvalue weighted by atomic mass is 9.93. The van der Waals surface area contributed by atoms with E-state index < -0.39 is 6.29 Å². The normalized spacial score (nSPS) is 23.0. The van der Waals surface area contributed by atoms with Crippen molar-refractivity contribution in [2.24, 2.45) is 0 Å². The highest BCUT2D eigenvalue weighted by molar-refractivity contribution is 14.1. The van der Waals surface area contributed by atoms with E-state index in [0.717, 1.165) is 32.4 Å². The molecular formula is C23H32INO4. The van der Waals surface area contributed by atoms with Crippen LogP contribution in [0.5, 0.6) is 0 Å². The number of aliphatic hydroxyl groups excluding tert-OH is 1. The summed E-state index contributed by atoms with van der Waals surface area (Å²) >= 11 is 2.30. The number of hydrogen-bond acceptors (Lipinski definition) is 4. The number of allylic oxidation sites excluding steroid dienone is 1. The van der Waals surface area contributed by atoms with Crippen molar-refractivity contribution in [3.8, 4) is 0 Å². The fraction of sp³-hybridized carbons (Fsp3) is 0.609. The number of hydrogen-bond donors (Lipinski definition) is 1. The fourth-order valence-corrected chi connectivity index (χ4v) is 4.25. The van der Waals surface area contributed by atoms with E-state index in [4.69, 9.17) is 14.6 Å². The maximum Gasteiger partial charge on any atom is 0.288 e. The van der Waals surface area contributed by atoms with Crippen molar-refractivity contribution in [1.82, 2.24) is 4.90 Å². The first-order valence-electron chi connectivity index (χ1n) is 10.8. The van der Waals surface area contributed by atoms with Crippen LogP contribution in [0.25, 0.3) is 0 Å². The Morgan fingerprint density at radius 3 is 2.48 bits per heavy atom. The van der Waals surface area contributed by atoms with Gasteiger partial charge in [-0.15, -0.1) is 0 Å². The topological polar surface area (TPSA) is 59.0 Å². The molecular weight excluding hydrogens is 481 g/mol. The van der Waals surface area contributed by atoms with Crippen molar-refractivity contribution in [2.75, 3.05) is 26.3 Å². The van der Waals surface area contributed by atoms with Gasteiger partial charge in [0.2, 0.25) is 6.29 Å². The second-order valence-electron chi connectivity index (χ2n) is 7.83. The standard InChI is InChI=1S/C23H32INO4/c24-20-10-8-18(9-11-20)19-16-21(29-22(17-19)28-15-7-6-14-26)23(27)25-12-4-2-1-3-5-13-25/h8-11,16,19,22,26H,1-7,12-15,17H2/t19-,22+/m1/s1. The largest absolute Gasteiger partial charge is 0.459 e. The molecule has 1 aromatic carbocycles. The lowest BCUT2D eigenvalue weighted by molar-refractivity contribution is -0.153. The zero-order chi connectivity index (χ0) is 20.5. The van der Waals surface area contributed by atoms with Crippen LogP contribution in [-0.4, -0.2) is 48.5 Å². The summed E-state index contributed by atoms with van der Waals surface area (Å²) in [5.74, 6) is 0.510. The van der Waals surface area contributed by atoms with Gasteiger partial charge in [-0.1, -0.05) is 31.4 Å². The van der Waals surface area contributed by atoms with Gasteiger partial charge in [-0.2, -0.15) is 0 Å². The molecule has 160 valence electrons. The number of unbranched alkanes of at least 4 members (excludes halogenated alkanes) is 1. The van der Waals surface area contributed by atoms with Crippen molar-refractivity contribution >= 4 is 28.5 Å². The summed E-state index contributed by atoms with van der Waals surface area (Å²) < 4.78 is 13.1.